The third kappa shape index (κ3) is 3.38. The van der Waals surface area contributed by atoms with E-state index < -0.39 is 0 Å². The average Bonchev–Trinajstić information content (AvgIpc) is 2.89. The summed E-state index contributed by atoms with van der Waals surface area (Å²) in [6.07, 6.45) is 7.37. The molecule has 0 bridgehead atoms. The summed E-state index contributed by atoms with van der Waals surface area (Å²) in [6.45, 7) is 2.07. The highest BCUT2D eigenvalue weighted by Gasteiger charge is 2.25. The molecule has 0 N–H and O–H groups in total. The number of pyridine rings is 1. The van der Waals surface area contributed by atoms with Crippen molar-refractivity contribution in [2.75, 3.05) is 7.11 Å². The lowest BCUT2D eigenvalue weighted by atomic mass is 10.0. The van der Waals surface area contributed by atoms with Gasteiger partial charge in [0.15, 0.2) is 5.82 Å². The number of halogens is 1. The van der Waals surface area contributed by atoms with Gasteiger partial charge in [-0.3, -0.25) is 0 Å². The molecular formula is C21H19FN4O. The molecule has 2 aromatic rings. The van der Waals surface area contributed by atoms with Crippen molar-refractivity contribution in [2.24, 2.45) is 10.1 Å². The first-order chi connectivity index (χ1) is 13.2. The quantitative estimate of drug-likeness (QED) is 0.814. The highest BCUT2D eigenvalue weighted by Crippen LogP contribution is 2.33. The Morgan fingerprint density at radius 1 is 1.07 bits per heavy atom. The number of fused-ring (bicyclic) bond motifs is 1. The summed E-state index contributed by atoms with van der Waals surface area (Å²) in [4.78, 5) is 9.13. The number of rotatable bonds is 3. The van der Waals surface area contributed by atoms with Gasteiger partial charge >= 0.3 is 0 Å². The summed E-state index contributed by atoms with van der Waals surface area (Å²) in [5.41, 5.74) is 4.54. The van der Waals surface area contributed by atoms with Crippen LogP contribution >= 0.6 is 0 Å². The molecule has 0 aliphatic carbocycles. The molecule has 1 aromatic heterocycles. The highest BCUT2D eigenvalue weighted by atomic mass is 19.1. The molecule has 0 atom stereocenters. The number of allylic oxidation sites excluding steroid dienone is 2. The summed E-state index contributed by atoms with van der Waals surface area (Å²) in [6, 6.07) is 10.1. The predicted octanol–water partition coefficient (Wildman–Crippen LogP) is 4.39. The van der Waals surface area contributed by atoms with Gasteiger partial charge in [0.2, 0.25) is 5.88 Å². The number of hydrazone groups is 1. The van der Waals surface area contributed by atoms with E-state index in [0.29, 0.717) is 5.88 Å². The largest absolute Gasteiger partial charge is 0.481 e. The maximum Gasteiger partial charge on any atom is 0.212 e. The van der Waals surface area contributed by atoms with Gasteiger partial charge in [-0.25, -0.2) is 19.4 Å². The van der Waals surface area contributed by atoms with Crippen LogP contribution in [-0.4, -0.2) is 29.0 Å². The second-order valence-corrected chi connectivity index (χ2v) is 6.38. The molecule has 0 amide bonds. The molecule has 4 rings (SSSR count). The maximum absolute atomic E-state index is 13.3. The van der Waals surface area contributed by atoms with Gasteiger partial charge in [0.25, 0.3) is 0 Å². The number of aromatic nitrogens is 1. The summed E-state index contributed by atoms with van der Waals surface area (Å²) in [5.74, 6) is 1.08. The molecule has 0 saturated heterocycles. The van der Waals surface area contributed by atoms with E-state index in [1.54, 1.807) is 25.4 Å². The monoisotopic (exact) mass is 362 g/mol. The van der Waals surface area contributed by atoms with E-state index in [9.17, 15) is 4.39 Å². The maximum atomic E-state index is 13.3. The minimum Gasteiger partial charge on any atom is -0.481 e. The SMILES string of the molecule is COc1ccc(C2=CC(c3ccc(F)cc3)=NC3=C(C)CCC=NN23)cn1. The number of benzene rings is 1. The minimum atomic E-state index is -0.269. The van der Waals surface area contributed by atoms with Gasteiger partial charge < -0.3 is 4.74 Å². The first-order valence-electron chi connectivity index (χ1n) is 8.75. The van der Waals surface area contributed by atoms with Gasteiger partial charge in [-0.1, -0.05) is 0 Å². The molecule has 3 heterocycles. The molecule has 27 heavy (non-hydrogen) atoms. The van der Waals surface area contributed by atoms with E-state index in [-0.39, 0.29) is 5.82 Å². The van der Waals surface area contributed by atoms with Crippen molar-refractivity contribution in [3.8, 4) is 5.88 Å². The summed E-state index contributed by atoms with van der Waals surface area (Å²) >= 11 is 0. The Bertz CT molecular complexity index is 972. The van der Waals surface area contributed by atoms with E-state index in [2.05, 4.69) is 17.0 Å². The van der Waals surface area contributed by atoms with Crippen molar-refractivity contribution in [2.45, 2.75) is 19.8 Å². The first-order valence-corrected chi connectivity index (χ1v) is 8.75. The molecule has 0 fully saturated rings. The Balaban J connectivity index is 1.86. The van der Waals surface area contributed by atoms with Crippen LogP contribution in [0.1, 0.15) is 30.9 Å². The van der Waals surface area contributed by atoms with Crippen LogP contribution in [0.4, 0.5) is 4.39 Å². The van der Waals surface area contributed by atoms with E-state index in [4.69, 9.17) is 9.73 Å². The van der Waals surface area contributed by atoms with Crippen molar-refractivity contribution in [3.05, 3.63) is 77.0 Å². The van der Waals surface area contributed by atoms with Gasteiger partial charge in [0.1, 0.15) is 5.82 Å². The summed E-state index contributed by atoms with van der Waals surface area (Å²) < 4.78 is 18.5. The van der Waals surface area contributed by atoms with E-state index in [1.165, 1.54) is 12.1 Å². The van der Waals surface area contributed by atoms with Crippen LogP contribution in [0.15, 0.2) is 70.2 Å². The molecule has 2 aliphatic heterocycles. The topological polar surface area (TPSA) is 50.1 Å². The summed E-state index contributed by atoms with van der Waals surface area (Å²) in [7, 11) is 1.59. The molecule has 1 aromatic carbocycles. The Morgan fingerprint density at radius 2 is 1.85 bits per heavy atom. The molecule has 0 radical (unpaired) electrons. The lowest BCUT2D eigenvalue weighted by Crippen LogP contribution is -2.21. The standard InChI is InChI=1S/C21H19FN4O/c1-14-4-3-11-24-26-19(16-7-10-20(27-2)23-13-16)12-18(25-21(14)26)15-5-8-17(22)9-6-15/h5-13H,3-4H2,1-2H3. The predicted molar refractivity (Wildman–Crippen MR) is 104 cm³/mol. The molecule has 0 spiro atoms. The van der Waals surface area contributed by atoms with Crippen molar-refractivity contribution >= 4 is 17.6 Å². The van der Waals surface area contributed by atoms with Gasteiger partial charge in [-0.15, -0.1) is 0 Å². The number of nitrogens with zero attached hydrogens (tertiary/aromatic N) is 4. The van der Waals surface area contributed by atoms with E-state index >= 15 is 0 Å². The Morgan fingerprint density at radius 3 is 2.56 bits per heavy atom. The highest BCUT2D eigenvalue weighted by molar-refractivity contribution is 6.13. The van der Waals surface area contributed by atoms with Crippen LogP contribution in [0.25, 0.3) is 5.70 Å². The van der Waals surface area contributed by atoms with Crippen molar-refractivity contribution in [1.82, 2.24) is 9.99 Å². The Labute approximate surface area is 157 Å². The average molecular weight is 362 g/mol. The smallest absolute Gasteiger partial charge is 0.212 e. The lowest BCUT2D eigenvalue weighted by Gasteiger charge is -2.27. The normalized spacial score (nSPS) is 16.5. The van der Waals surface area contributed by atoms with Gasteiger partial charge in [0.05, 0.1) is 18.5 Å². The number of hydrogen-bond donors (Lipinski definition) is 0. The fourth-order valence-corrected chi connectivity index (χ4v) is 3.05. The van der Waals surface area contributed by atoms with Gasteiger partial charge in [0, 0.05) is 29.6 Å². The second-order valence-electron chi connectivity index (χ2n) is 6.38. The fourth-order valence-electron chi connectivity index (χ4n) is 3.05. The number of methoxy groups -OCH3 is 1. The molecule has 0 saturated carbocycles. The number of ether oxygens (including phenoxy) is 1. The van der Waals surface area contributed by atoms with Crippen LogP contribution in [0, 0.1) is 5.82 Å². The first kappa shape index (κ1) is 17.1. The lowest BCUT2D eigenvalue weighted by molar-refractivity contribution is 0.397. The van der Waals surface area contributed by atoms with E-state index in [0.717, 1.165) is 46.8 Å². The number of hydrogen-bond acceptors (Lipinski definition) is 5. The minimum absolute atomic E-state index is 0.269. The van der Waals surface area contributed by atoms with Crippen molar-refractivity contribution in [3.63, 3.8) is 0 Å². The third-order valence-electron chi connectivity index (χ3n) is 4.54. The fraction of sp³-hybridized carbons (Fsp3) is 0.190. The molecule has 0 unspecified atom stereocenters. The Kier molecular flexibility index (Phi) is 4.54. The second kappa shape index (κ2) is 7.15. The van der Waals surface area contributed by atoms with Crippen LogP contribution in [0.2, 0.25) is 0 Å². The van der Waals surface area contributed by atoms with Crippen LogP contribution < -0.4 is 4.74 Å². The molecule has 136 valence electrons. The van der Waals surface area contributed by atoms with Gasteiger partial charge in [-0.2, -0.15) is 5.10 Å². The number of aliphatic imine (C=N–C) groups is 1. The van der Waals surface area contributed by atoms with Crippen LogP contribution in [-0.2, 0) is 0 Å². The van der Waals surface area contributed by atoms with Crippen LogP contribution in [0.3, 0.4) is 0 Å². The molecule has 2 aliphatic rings. The summed E-state index contributed by atoms with van der Waals surface area (Å²) in [5, 5.41) is 6.44. The third-order valence-corrected chi connectivity index (χ3v) is 4.54. The molecule has 5 nitrogen and oxygen atoms in total. The van der Waals surface area contributed by atoms with Crippen LogP contribution in [0.5, 0.6) is 5.88 Å². The zero-order valence-corrected chi connectivity index (χ0v) is 15.2. The van der Waals surface area contributed by atoms with Gasteiger partial charge in [-0.05, 0) is 61.7 Å². The van der Waals surface area contributed by atoms with Crippen molar-refractivity contribution < 1.29 is 9.13 Å². The molecular weight excluding hydrogens is 343 g/mol. The zero-order valence-electron chi connectivity index (χ0n) is 15.2. The van der Waals surface area contributed by atoms with E-state index in [1.807, 2.05) is 29.4 Å². The zero-order chi connectivity index (χ0) is 18.8. The molecule has 6 heteroatoms. The Hall–Kier alpha value is -3.28. The van der Waals surface area contributed by atoms with Crippen molar-refractivity contribution in [1.29, 1.82) is 0 Å².